The Bertz CT molecular complexity index is 1250. The van der Waals surface area contributed by atoms with Gasteiger partial charge in [-0.05, 0) is 35.4 Å². The molecule has 0 unspecified atom stereocenters. The molecule has 0 spiro atoms. The van der Waals surface area contributed by atoms with Crippen molar-refractivity contribution in [1.29, 1.82) is 0 Å². The van der Waals surface area contributed by atoms with E-state index in [1.54, 1.807) is 0 Å². The van der Waals surface area contributed by atoms with Gasteiger partial charge in [-0.2, -0.15) is 19.9 Å². The van der Waals surface area contributed by atoms with Crippen LogP contribution < -0.4 is 16.0 Å². The van der Waals surface area contributed by atoms with E-state index < -0.39 is 0 Å². The Hall–Kier alpha value is -4.05. The van der Waals surface area contributed by atoms with Gasteiger partial charge in [0.25, 0.3) is 0 Å². The van der Waals surface area contributed by atoms with E-state index in [0.29, 0.717) is 36.3 Å². The topological polar surface area (TPSA) is 128 Å². The number of nitrogens with one attached hydrogen (secondary N) is 1. The van der Waals surface area contributed by atoms with Gasteiger partial charge in [0.15, 0.2) is 0 Å². The normalized spacial score (nSPS) is 20.8. The van der Waals surface area contributed by atoms with Crippen LogP contribution in [0.3, 0.4) is 0 Å². The Morgan fingerprint density at radius 1 is 0.912 bits per heavy atom. The fourth-order valence-electron chi connectivity index (χ4n) is 4.57. The fourth-order valence-corrected chi connectivity index (χ4v) is 4.57. The van der Waals surface area contributed by atoms with Crippen molar-refractivity contribution in [2.24, 2.45) is 17.8 Å². The molecular weight excluding hydrogens is 432 g/mol. The molecule has 3 atom stereocenters. The van der Waals surface area contributed by atoms with E-state index in [2.05, 4.69) is 47.4 Å². The zero-order chi connectivity index (χ0) is 22.9. The first kappa shape index (κ1) is 20.5. The molecule has 1 aliphatic carbocycles. The SMILES string of the molecule is Nc1nc(Nc2ccccc2)nc(-c2noc(N3C[C@@H]4[C@@H](COCc5ccccc5)[C@@H]4C3)n2)n1. The Labute approximate surface area is 196 Å². The molecule has 0 amide bonds. The molecule has 172 valence electrons. The monoisotopic (exact) mass is 456 g/mol. The molecule has 3 heterocycles. The maximum absolute atomic E-state index is 5.94. The first-order chi connectivity index (χ1) is 16.7. The van der Waals surface area contributed by atoms with Crippen LogP contribution in [0.25, 0.3) is 11.6 Å². The minimum Gasteiger partial charge on any atom is -0.376 e. The van der Waals surface area contributed by atoms with Crippen LogP contribution in [0.1, 0.15) is 5.56 Å². The van der Waals surface area contributed by atoms with E-state index in [1.807, 2.05) is 48.5 Å². The van der Waals surface area contributed by atoms with E-state index in [-0.39, 0.29) is 17.6 Å². The second-order valence-electron chi connectivity index (χ2n) is 8.63. The summed E-state index contributed by atoms with van der Waals surface area (Å²) < 4.78 is 11.5. The number of aromatic nitrogens is 5. The number of fused-ring (bicyclic) bond motifs is 1. The molecule has 2 aromatic carbocycles. The van der Waals surface area contributed by atoms with Gasteiger partial charge in [0.2, 0.25) is 23.5 Å². The summed E-state index contributed by atoms with van der Waals surface area (Å²) in [5.74, 6) is 2.73. The Kier molecular flexibility index (Phi) is 5.27. The number of hydrogen-bond acceptors (Lipinski definition) is 10. The van der Waals surface area contributed by atoms with Gasteiger partial charge in [0, 0.05) is 18.8 Å². The van der Waals surface area contributed by atoms with E-state index in [4.69, 9.17) is 15.0 Å². The van der Waals surface area contributed by atoms with Crippen LogP contribution in [0.2, 0.25) is 0 Å². The van der Waals surface area contributed by atoms with E-state index in [0.717, 1.165) is 25.4 Å². The predicted octanol–water partition coefficient (Wildman–Crippen LogP) is 3.15. The van der Waals surface area contributed by atoms with Gasteiger partial charge in [-0.1, -0.05) is 53.7 Å². The average Bonchev–Trinajstić information content (AvgIpc) is 3.23. The Balaban J connectivity index is 1.06. The van der Waals surface area contributed by atoms with E-state index in [9.17, 15) is 0 Å². The highest BCUT2D eigenvalue weighted by Gasteiger charge is 2.56. The smallest absolute Gasteiger partial charge is 0.324 e. The lowest BCUT2D eigenvalue weighted by atomic mass is 10.2. The number of rotatable bonds is 8. The lowest BCUT2D eigenvalue weighted by Gasteiger charge is -2.16. The molecule has 2 fully saturated rings. The van der Waals surface area contributed by atoms with Gasteiger partial charge in [-0.3, -0.25) is 0 Å². The van der Waals surface area contributed by atoms with Gasteiger partial charge >= 0.3 is 6.01 Å². The highest BCUT2D eigenvalue weighted by molar-refractivity contribution is 5.57. The lowest BCUT2D eigenvalue weighted by molar-refractivity contribution is 0.104. The minimum atomic E-state index is 0.0792. The van der Waals surface area contributed by atoms with Crippen molar-refractivity contribution in [2.75, 3.05) is 35.6 Å². The average molecular weight is 457 g/mol. The summed E-state index contributed by atoms with van der Waals surface area (Å²) in [6, 6.07) is 20.3. The summed E-state index contributed by atoms with van der Waals surface area (Å²) >= 11 is 0. The zero-order valence-corrected chi connectivity index (χ0v) is 18.4. The first-order valence-electron chi connectivity index (χ1n) is 11.3. The van der Waals surface area contributed by atoms with Gasteiger partial charge in [-0.15, -0.1) is 0 Å². The summed E-state index contributed by atoms with van der Waals surface area (Å²) in [6.07, 6.45) is 0. The van der Waals surface area contributed by atoms with Gasteiger partial charge < -0.3 is 25.2 Å². The molecule has 1 saturated heterocycles. The Morgan fingerprint density at radius 3 is 2.41 bits per heavy atom. The molecular formula is C24H24N8O2. The standard InChI is InChI=1S/C24H24N8O2/c25-22-27-20(28-23(30-22)26-16-9-5-2-6-10-16)21-29-24(34-31-21)32-11-17-18(12-32)19(17)14-33-13-15-7-3-1-4-8-15/h1-10,17-19H,11-14H2,(H3,25,26,27,28,30)/t17-,18+,19+. The molecule has 2 aromatic heterocycles. The molecule has 3 N–H and O–H groups in total. The van der Waals surface area contributed by atoms with Crippen molar-refractivity contribution in [3.8, 4) is 11.6 Å². The van der Waals surface area contributed by atoms with Crippen molar-refractivity contribution in [1.82, 2.24) is 25.1 Å². The van der Waals surface area contributed by atoms with Crippen LogP contribution in [0.15, 0.2) is 65.2 Å². The third-order valence-corrected chi connectivity index (χ3v) is 6.36. The number of ether oxygens (including phenoxy) is 1. The molecule has 4 aromatic rings. The van der Waals surface area contributed by atoms with Gasteiger partial charge in [-0.25, -0.2) is 0 Å². The van der Waals surface area contributed by atoms with Crippen molar-refractivity contribution >= 4 is 23.6 Å². The summed E-state index contributed by atoms with van der Waals surface area (Å²) in [4.78, 5) is 19.4. The summed E-state index contributed by atoms with van der Waals surface area (Å²) in [6.45, 7) is 3.20. The number of nitrogen functional groups attached to an aromatic ring is 1. The molecule has 0 bridgehead atoms. The van der Waals surface area contributed by atoms with Gasteiger partial charge in [0.1, 0.15) is 0 Å². The number of nitrogens with two attached hydrogens (primary N) is 1. The zero-order valence-electron chi connectivity index (χ0n) is 18.4. The highest BCUT2D eigenvalue weighted by atomic mass is 16.5. The molecule has 6 rings (SSSR count). The van der Waals surface area contributed by atoms with Crippen LogP contribution in [0.4, 0.5) is 23.6 Å². The van der Waals surface area contributed by atoms with Crippen LogP contribution in [-0.4, -0.2) is 44.8 Å². The summed E-state index contributed by atoms with van der Waals surface area (Å²) in [5, 5.41) is 7.18. The van der Waals surface area contributed by atoms with Crippen LogP contribution in [0.5, 0.6) is 0 Å². The molecule has 2 aliphatic rings. The number of nitrogens with zero attached hydrogens (tertiary/aromatic N) is 6. The van der Waals surface area contributed by atoms with E-state index in [1.165, 1.54) is 5.56 Å². The summed E-state index contributed by atoms with van der Waals surface area (Å²) in [5.41, 5.74) is 7.93. The molecule has 1 saturated carbocycles. The van der Waals surface area contributed by atoms with Crippen LogP contribution >= 0.6 is 0 Å². The number of anilines is 4. The van der Waals surface area contributed by atoms with Crippen LogP contribution in [0, 0.1) is 17.8 Å². The maximum atomic E-state index is 5.94. The third kappa shape index (κ3) is 4.27. The second-order valence-corrected chi connectivity index (χ2v) is 8.63. The largest absolute Gasteiger partial charge is 0.376 e. The molecule has 10 heteroatoms. The molecule has 1 aliphatic heterocycles. The minimum absolute atomic E-state index is 0.0792. The number of hydrogen-bond donors (Lipinski definition) is 2. The molecule has 10 nitrogen and oxygen atoms in total. The summed E-state index contributed by atoms with van der Waals surface area (Å²) in [7, 11) is 0. The van der Waals surface area contributed by atoms with Gasteiger partial charge in [0.05, 0.1) is 13.2 Å². The first-order valence-corrected chi connectivity index (χ1v) is 11.3. The van der Waals surface area contributed by atoms with Crippen molar-refractivity contribution in [3.63, 3.8) is 0 Å². The van der Waals surface area contributed by atoms with Crippen molar-refractivity contribution in [2.45, 2.75) is 6.61 Å². The van der Waals surface area contributed by atoms with Crippen molar-refractivity contribution in [3.05, 3.63) is 66.2 Å². The number of para-hydroxylation sites is 1. The number of benzene rings is 2. The predicted molar refractivity (Wildman–Crippen MR) is 126 cm³/mol. The highest BCUT2D eigenvalue weighted by Crippen LogP contribution is 2.52. The second kappa shape index (κ2) is 8.71. The quantitative estimate of drug-likeness (QED) is 0.408. The lowest BCUT2D eigenvalue weighted by Crippen LogP contribution is -2.25. The Morgan fingerprint density at radius 2 is 1.65 bits per heavy atom. The van der Waals surface area contributed by atoms with Crippen LogP contribution in [-0.2, 0) is 11.3 Å². The maximum Gasteiger partial charge on any atom is 0.324 e. The number of piperidine rings is 1. The third-order valence-electron chi connectivity index (χ3n) is 6.36. The molecule has 0 radical (unpaired) electrons. The van der Waals surface area contributed by atoms with Crippen molar-refractivity contribution < 1.29 is 9.26 Å². The fraction of sp³-hybridized carbons (Fsp3) is 0.292. The molecule has 34 heavy (non-hydrogen) atoms. The van der Waals surface area contributed by atoms with E-state index >= 15 is 0 Å².